The maximum atomic E-state index is 12.1. The predicted molar refractivity (Wildman–Crippen MR) is 52.3 cm³/mol. The molecule has 0 aliphatic heterocycles. The van der Waals surface area contributed by atoms with Crippen LogP contribution in [0.4, 0.5) is 13.2 Å². The van der Waals surface area contributed by atoms with E-state index in [1.54, 1.807) is 6.07 Å². The molecule has 4 heteroatoms. The van der Waals surface area contributed by atoms with Crippen LogP contribution in [0.2, 0.25) is 0 Å². The van der Waals surface area contributed by atoms with Gasteiger partial charge in [-0.25, -0.2) is 0 Å². The lowest BCUT2D eigenvalue weighted by atomic mass is 10.1. The summed E-state index contributed by atoms with van der Waals surface area (Å²) in [4.78, 5) is 0. The molecule has 1 aromatic rings. The Hall–Kier alpha value is -0.700. The van der Waals surface area contributed by atoms with Gasteiger partial charge in [-0.15, -0.1) is 11.6 Å². The van der Waals surface area contributed by atoms with Gasteiger partial charge in [0.25, 0.3) is 0 Å². The summed E-state index contributed by atoms with van der Waals surface area (Å²) >= 11 is 5.38. The summed E-state index contributed by atoms with van der Waals surface area (Å²) < 4.78 is 36.2. The third-order valence-corrected chi connectivity index (χ3v) is 1.72. The number of rotatable bonds is 1. The van der Waals surface area contributed by atoms with Crippen LogP contribution in [-0.2, 0) is 12.1 Å². The second-order valence-corrected chi connectivity index (χ2v) is 2.60. The Morgan fingerprint density at radius 2 is 1.79 bits per heavy atom. The van der Waals surface area contributed by atoms with Crippen LogP contribution in [0.1, 0.15) is 25.0 Å². The lowest BCUT2D eigenvalue weighted by Gasteiger charge is -2.06. The number of hydrogen-bond acceptors (Lipinski definition) is 0. The Bertz CT molecular complexity index is 268. The Morgan fingerprint density at radius 3 is 2.21 bits per heavy atom. The van der Waals surface area contributed by atoms with Gasteiger partial charge in [0, 0.05) is 5.88 Å². The zero-order chi connectivity index (χ0) is 11.2. The first-order valence-electron chi connectivity index (χ1n) is 4.26. The van der Waals surface area contributed by atoms with E-state index < -0.39 is 11.7 Å². The number of alkyl halides is 4. The van der Waals surface area contributed by atoms with Crippen LogP contribution in [0, 0.1) is 0 Å². The van der Waals surface area contributed by atoms with E-state index in [0.29, 0.717) is 5.56 Å². The van der Waals surface area contributed by atoms with E-state index in [0.717, 1.165) is 12.1 Å². The van der Waals surface area contributed by atoms with Crippen molar-refractivity contribution in [2.45, 2.75) is 25.9 Å². The molecule has 80 valence electrons. The molecule has 0 nitrogen and oxygen atoms in total. The molecule has 0 heterocycles. The first-order valence-corrected chi connectivity index (χ1v) is 4.79. The minimum absolute atomic E-state index is 0.101. The van der Waals surface area contributed by atoms with Gasteiger partial charge in [0.1, 0.15) is 0 Å². The highest BCUT2D eigenvalue weighted by atomic mass is 35.5. The maximum absolute atomic E-state index is 12.1. The standard InChI is InChI=1S/C8H6ClF3.C2H6/c9-5-6-2-1-3-7(4-6)8(10,11)12;1-2/h1-4H,5H2;1-2H3. The fourth-order valence-electron chi connectivity index (χ4n) is 0.831. The van der Waals surface area contributed by atoms with Gasteiger partial charge in [-0.3, -0.25) is 0 Å². The highest BCUT2D eigenvalue weighted by Crippen LogP contribution is 2.29. The second kappa shape index (κ2) is 5.91. The monoisotopic (exact) mass is 224 g/mol. The lowest BCUT2D eigenvalue weighted by molar-refractivity contribution is -0.137. The van der Waals surface area contributed by atoms with E-state index >= 15 is 0 Å². The van der Waals surface area contributed by atoms with Crippen LogP contribution in [0.3, 0.4) is 0 Å². The normalized spacial score (nSPS) is 10.4. The molecule has 0 bridgehead atoms. The van der Waals surface area contributed by atoms with Crippen molar-refractivity contribution in [3.63, 3.8) is 0 Å². The van der Waals surface area contributed by atoms with Crippen molar-refractivity contribution in [1.29, 1.82) is 0 Å². The van der Waals surface area contributed by atoms with E-state index in [1.807, 2.05) is 13.8 Å². The minimum Gasteiger partial charge on any atom is -0.166 e. The van der Waals surface area contributed by atoms with Crippen molar-refractivity contribution in [2.75, 3.05) is 0 Å². The van der Waals surface area contributed by atoms with Crippen molar-refractivity contribution in [3.8, 4) is 0 Å². The molecule has 0 radical (unpaired) electrons. The van der Waals surface area contributed by atoms with Gasteiger partial charge in [-0.2, -0.15) is 13.2 Å². The molecule has 0 aliphatic carbocycles. The quantitative estimate of drug-likeness (QED) is 0.618. The molecule has 0 unspecified atom stereocenters. The van der Waals surface area contributed by atoms with E-state index in [2.05, 4.69) is 0 Å². The summed E-state index contributed by atoms with van der Waals surface area (Å²) in [6.07, 6.45) is -4.28. The van der Waals surface area contributed by atoms with Gasteiger partial charge in [0.15, 0.2) is 0 Å². The van der Waals surface area contributed by atoms with Crippen molar-refractivity contribution < 1.29 is 13.2 Å². The molecule has 0 saturated carbocycles. The van der Waals surface area contributed by atoms with Crippen LogP contribution in [0.25, 0.3) is 0 Å². The molecule has 0 spiro atoms. The fraction of sp³-hybridized carbons (Fsp3) is 0.400. The Kier molecular flexibility index (Phi) is 5.62. The summed E-state index contributed by atoms with van der Waals surface area (Å²) in [6, 6.07) is 4.98. The Morgan fingerprint density at radius 1 is 1.21 bits per heavy atom. The van der Waals surface area contributed by atoms with Gasteiger partial charge in [-0.1, -0.05) is 32.0 Å². The lowest BCUT2D eigenvalue weighted by Crippen LogP contribution is -2.04. The molecule has 14 heavy (non-hydrogen) atoms. The van der Waals surface area contributed by atoms with Crippen molar-refractivity contribution in [1.82, 2.24) is 0 Å². The van der Waals surface area contributed by atoms with Crippen molar-refractivity contribution in [2.24, 2.45) is 0 Å². The van der Waals surface area contributed by atoms with Crippen molar-refractivity contribution >= 4 is 11.6 Å². The molecular weight excluding hydrogens is 213 g/mol. The summed E-state index contributed by atoms with van der Waals surface area (Å²) in [5, 5.41) is 0. The van der Waals surface area contributed by atoms with Gasteiger partial charge < -0.3 is 0 Å². The molecule has 0 atom stereocenters. The largest absolute Gasteiger partial charge is 0.416 e. The smallest absolute Gasteiger partial charge is 0.166 e. The van der Waals surface area contributed by atoms with Crippen molar-refractivity contribution in [3.05, 3.63) is 35.4 Å². The first kappa shape index (κ1) is 13.3. The molecular formula is C10H12ClF3. The van der Waals surface area contributed by atoms with Gasteiger partial charge >= 0.3 is 6.18 Å². The van der Waals surface area contributed by atoms with Crippen LogP contribution in [-0.4, -0.2) is 0 Å². The second-order valence-electron chi connectivity index (χ2n) is 2.33. The molecule has 0 N–H and O–H groups in total. The predicted octanol–water partition coefficient (Wildman–Crippen LogP) is 4.47. The van der Waals surface area contributed by atoms with Crippen LogP contribution in [0.5, 0.6) is 0 Å². The molecule has 1 rings (SSSR count). The molecule has 0 saturated heterocycles. The molecule has 0 aliphatic rings. The van der Waals surface area contributed by atoms with Crippen LogP contribution >= 0.6 is 11.6 Å². The average Bonchev–Trinajstić information content (AvgIpc) is 2.20. The highest BCUT2D eigenvalue weighted by Gasteiger charge is 2.30. The molecule has 0 fully saturated rings. The fourth-order valence-corrected chi connectivity index (χ4v) is 0.997. The first-order chi connectivity index (χ1) is 6.54. The van der Waals surface area contributed by atoms with Gasteiger partial charge in [0.05, 0.1) is 5.56 Å². The average molecular weight is 225 g/mol. The summed E-state index contributed by atoms with van der Waals surface area (Å²) in [5.41, 5.74) is -0.174. The summed E-state index contributed by atoms with van der Waals surface area (Å²) in [5.74, 6) is 0.101. The summed E-state index contributed by atoms with van der Waals surface area (Å²) in [7, 11) is 0. The van der Waals surface area contributed by atoms with E-state index in [4.69, 9.17) is 11.6 Å². The Labute approximate surface area is 86.7 Å². The molecule has 0 aromatic heterocycles. The van der Waals surface area contributed by atoms with Crippen LogP contribution < -0.4 is 0 Å². The minimum atomic E-state index is -4.28. The van der Waals surface area contributed by atoms with E-state index in [-0.39, 0.29) is 5.88 Å². The van der Waals surface area contributed by atoms with Gasteiger partial charge in [0.2, 0.25) is 0 Å². The number of hydrogen-bond donors (Lipinski definition) is 0. The SMILES string of the molecule is CC.FC(F)(F)c1cccc(CCl)c1. The maximum Gasteiger partial charge on any atom is 0.416 e. The van der Waals surface area contributed by atoms with E-state index in [9.17, 15) is 13.2 Å². The molecule has 1 aromatic carbocycles. The molecule has 0 amide bonds. The number of halogens is 4. The zero-order valence-corrected chi connectivity index (χ0v) is 8.78. The zero-order valence-electron chi connectivity index (χ0n) is 8.03. The highest BCUT2D eigenvalue weighted by molar-refractivity contribution is 6.17. The van der Waals surface area contributed by atoms with Gasteiger partial charge in [-0.05, 0) is 11.6 Å². The third-order valence-electron chi connectivity index (χ3n) is 1.41. The third kappa shape index (κ3) is 4.01. The summed E-state index contributed by atoms with van der Waals surface area (Å²) in [6.45, 7) is 4.00. The Balaban J connectivity index is 0.000000791. The van der Waals surface area contributed by atoms with Crippen LogP contribution in [0.15, 0.2) is 24.3 Å². The van der Waals surface area contributed by atoms with E-state index in [1.165, 1.54) is 6.07 Å². The topological polar surface area (TPSA) is 0 Å². The number of benzene rings is 1.